The number of anilines is 1. The van der Waals surface area contributed by atoms with Crippen LogP contribution >= 0.6 is 11.3 Å². The number of benzene rings is 1. The molecule has 3 rings (SSSR count). The van der Waals surface area contributed by atoms with E-state index < -0.39 is 5.60 Å². The molecule has 0 unspecified atom stereocenters. The van der Waals surface area contributed by atoms with Gasteiger partial charge in [-0.15, -0.1) is 11.3 Å². The molecule has 2 aromatic rings. The summed E-state index contributed by atoms with van der Waals surface area (Å²) in [5, 5.41) is 8.94. The zero-order chi connectivity index (χ0) is 15.7. The second-order valence-corrected chi connectivity index (χ2v) is 6.12. The standard InChI is InChI=1S/C15H14FN3O2S/c1-9-8-22-14(17-9)18-13(20)15(2)7-12(19-21-15)10-5-3-4-6-11(10)16/h3-6,8H,7H2,1-2H3,(H,17,18,20)/t15-/m1/s1. The third-order valence-electron chi connectivity index (χ3n) is 3.37. The summed E-state index contributed by atoms with van der Waals surface area (Å²) in [6.45, 7) is 3.47. The predicted octanol–water partition coefficient (Wildman–Crippen LogP) is 3.11. The first-order valence-corrected chi connectivity index (χ1v) is 7.59. The third kappa shape index (κ3) is 2.71. The molecule has 114 valence electrons. The van der Waals surface area contributed by atoms with Crippen molar-refractivity contribution in [1.82, 2.24) is 4.98 Å². The minimum absolute atomic E-state index is 0.199. The largest absolute Gasteiger partial charge is 0.379 e. The number of aromatic nitrogens is 1. The number of rotatable bonds is 3. The van der Waals surface area contributed by atoms with Crippen molar-refractivity contribution in [3.05, 3.63) is 46.7 Å². The van der Waals surface area contributed by atoms with Gasteiger partial charge < -0.3 is 4.84 Å². The van der Waals surface area contributed by atoms with Gasteiger partial charge >= 0.3 is 0 Å². The Kier molecular flexibility index (Phi) is 3.66. The van der Waals surface area contributed by atoms with Crippen molar-refractivity contribution < 1.29 is 14.0 Å². The lowest BCUT2D eigenvalue weighted by Gasteiger charge is -2.19. The summed E-state index contributed by atoms with van der Waals surface area (Å²) >= 11 is 1.34. The van der Waals surface area contributed by atoms with Crippen LogP contribution in [0, 0.1) is 12.7 Å². The van der Waals surface area contributed by atoms with E-state index in [0.29, 0.717) is 16.4 Å². The molecule has 0 saturated carbocycles. The van der Waals surface area contributed by atoms with Crippen LogP contribution in [0.25, 0.3) is 0 Å². The SMILES string of the molecule is Cc1csc(NC(=O)[C@@]2(C)CC(c3ccccc3F)=NO2)n1. The molecule has 2 heterocycles. The number of hydrogen-bond acceptors (Lipinski definition) is 5. The first kappa shape index (κ1) is 14.6. The second kappa shape index (κ2) is 5.49. The van der Waals surface area contributed by atoms with Gasteiger partial charge in [0.15, 0.2) is 5.13 Å². The van der Waals surface area contributed by atoms with Crippen LogP contribution in [0.2, 0.25) is 0 Å². The van der Waals surface area contributed by atoms with E-state index in [1.807, 2.05) is 12.3 Å². The second-order valence-electron chi connectivity index (χ2n) is 5.26. The van der Waals surface area contributed by atoms with Crippen molar-refractivity contribution in [3.63, 3.8) is 0 Å². The number of nitrogens with zero attached hydrogens (tertiary/aromatic N) is 2. The van der Waals surface area contributed by atoms with Crippen LogP contribution in [-0.2, 0) is 9.63 Å². The Morgan fingerprint density at radius 1 is 1.45 bits per heavy atom. The fraction of sp³-hybridized carbons (Fsp3) is 0.267. The van der Waals surface area contributed by atoms with E-state index in [1.54, 1.807) is 25.1 Å². The summed E-state index contributed by atoms with van der Waals surface area (Å²) in [5.74, 6) is -0.734. The number of carbonyl (C=O) groups excluding carboxylic acids is 1. The van der Waals surface area contributed by atoms with Gasteiger partial charge in [-0.25, -0.2) is 9.37 Å². The Hall–Kier alpha value is -2.28. The lowest BCUT2D eigenvalue weighted by molar-refractivity contribution is -0.135. The molecule has 1 atom stereocenters. The molecule has 0 saturated heterocycles. The number of oxime groups is 1. The van der Waals surface area contributed by atoms with Crippen LogP contribution in [-0.4, -0.2) is 22.2 Å². The van der Waals surface area contributed by atoms with E-state index in [2.05, 4.69) is 15.5 Å². The van der Waals surface area contributed by atoms with E-state index >= 15 is 0 Å². The Morgan fingerprint density at radius 2 is 2.23 bits per heavy atom. The number of amides is 1. The molecule has 0 fully saturated rings. The number of halogens is 1. The summed E-state index contributed by atoms with van der Waals surface area (Å²) in [6.07, 6.45) is 0.199. The Balaban J connectivity index is 1.74. The van der Waals surface area contributed by atoms with Crippen molar-refractivity contribution >= 4 is 28.1 Å². The highest BCUT2D eigenvalue weighted by atomic mass is 32.1. The maximum atomic E-state index is 13.8. The van der Waals surface area contributed by atoms with Gasteiger partial charge in [-0.3, -0.25) is 10.1 Å². The van der Waals surface area contributed by atoms with Crippen LogP contribution in [0.5, 0.6) is 0 Å². The quantitative estimate of drug-likeness (QED) is 0.945. The van der Waals surface area contributed by atoms with Crippen LogP contribution in [0.1, 0.15) is 24.6 Å². The van der Waals surface area contributed by atoms with E-state index in [0.717, 1.165) is 5.69 Å². The molecule has 0 aliphatic carbocycles. The van der Waals surface area contributed by atoms with Gasteiger partial charge in [0.1, 0.15) is 5.82 Å². The smallest absolute Gasteiger partial charge is 0.273 e. The Morgan fingerprint density at radius 3 is 2.91 bits per heavy atom. The normalized spacial score (nSPS) is 20.4. The monoisotopic (exact) mass is 319 g/mol. The maximum absolute atomic E-state index is 13.8. The highest BCUT2D eigenvalue weighted by Crippen LogP contribution is 2.29. The summed E-state index contributed by atoms with van der Waals surface area (Å²) in [7, 11) is 0. The van der Waals surface area contributed by atoms with Gasteiger partial charge in [-0.1, -0.05) is 23.4 Å². The van der Waals surface area contributed by atoms with Crippen molar-refractivity contribution in [2.45, 2.75) is 25.9 Å². The molecule has 0 radical (unpaired) electrons. The highest BCUT2D eigenvalue weighted by molar-refractivity contribution is 7.13. The average molecular weight is 319 g/mol. The third-order valence-corrected chi connectivity index (χ3v) is 4.24. The molecule has 1 amide bonds. The number of hydrogen-bond donors (Lipinski definition) is 1. The number of thiazole rings is 1. The average Bonchev–Trinajstić information content (AvgIpc) is 3.07. The molecule has 1 aromatic carbocycles. The van der Waals surface area contributed by atoms with Gasteiger partial charge in [0.05, 0.1) is 11.4 Å². The van der Waals surface area contributed by atoms with Crippen molar-refractivity contribution in [2.75, 3.05) is 5.32 Å². The molecule has 1 aliphatic heterocycles. The zero-order valence-electron chi connectivity index (χ0n) is 12.1. The maximum Gasteiger partial charge on any atom is 0.273 e. The fourth-order valence-corrected chi connectivity index (χ4v) is 2.83. The van der Waals surface area contributed by atoms with Crippen molar-refractivity contribution in [3.8, 4) is 0 Å². The van der Waals surface area contributed by atoms with Gasteiger partial charge in [-0.2, -0.15) is 0 Å². The predicted molar refractivity (Wildman–Crippen MR) is 82.5 cm³/mol. The summed E-state index contributed by atoms with van der Waals surface area (Å²) in [5.41, 5.74) is 0.438. The number of carbonyl (C=O) groups is 1. The molecule has 1 aliphatic rings. The minimum Gasteiger partial charge on any atom is -0.379 e. The molecule has 1 aromatic heterocycles. The first-order valence-electron chi connectivity index (χ1n) is 6.71. The van der Waals surface area contributed by atoms with E-state index in [1.165, 1.54) is 17.4 Å². The molecule has 0 spiro atoms. The molecule has 1 N–H and O–H groups in total. The van der Waals surface area contributed by atoms with Gasteiger partial charge in [0.25, 0.3) is 5.91 Å². The topological polar surface area (TPSA) is 63.6 Å². The lowest BCUT2D eigenvalue weighted by Crippen LogP contribution is -2.40. The molecule has 0 bridgehead atoms. The zero-order valence-corrected chi connectivity index (χ0v) is 12.9. The highest BCUT2D eigenvalue weighted by Gasteiger charge is 2.43. The Bertz CT molecular complexity index is 759. The first-order chi connectivity index (χ1) is 10.5. The summed E-state index contributed by atoms with van der Waals surface area (Å²) < 4.78 is 13.8. The molecule has 5 nitrogen and oxygen atoms in total. The molecule has 22 heavy (non-hydrogen) atoms. The Labute approximate surface area is 130 Å². The fourth-order valence-electron chi connectivity index (χ4n) is 2.14. The minimum atomic E-state index is -1.17. The molecule has 7 heteroatoms. The van der Waals surface area contributed by atoms with E-state index in [-0.39, 0.29) is 18.1 Å². The summed E-state index contributed by atoms with van der Waals surface area (Å²) in [4.78, 5) is 21.8. The van der Waals surface area contributed by atoms with Gasteiger partial charge in [0.2, 0.25) is 5.60 Å². The van der Waals surface area contributed by atoms with E-state index in [4.69, 9.17) is 4.84 Å². The van der Waals surface area contributed by atoms with Crippen LogP contribution in [0.15, 0.2) is 34.8 Å². The number of aryl methyl sites for hydroxylation is 1. The van der Waals surface area contributed by atoms with Crippen LogP contribution < -0.4 is 5.32 Å². The number of nitrogens with one attached hydrogen (secondary N) is 1. The van der Waals surface area contributed by atoms with E-state index in [9.17, 15) is 9.18 Å². The van der Waals surface area contributed by atoms with Gasteiger partial charge in [0, 0.05) is 17.4 Å². The van der Waals surface area contributed by atoms with Crippen LogP contribution in [0.3, 0.4) is 0 Å². The molecular formula is C15H14FN3O2S. The van der Waals surface area contributed by atoms with Crippen LogP contribution in [0.4, 0.5) is 9.52 Å². The lowest BCUT2D eigenvalue weighted by atomic mass is 9.95. The molecular weight excluding hydrogens is 305 g/mol. The van der Waals surface area contributed by atoms with Crippen molar-refractivity contribution in [2.24, 2.45) is 5.16 Å². The summed E-state index contributed by atoms with van der Waals surface area (Å²) in [6, 6.07) is 6.29. The van der Waals surface area contributed by atoms with Crippen molar-refractivity contribution in [1.29, 1.82) is 0 Å². The van der Waals surface area contributed by atoms with Gasteiger partial charge in [-0.05, 0) is 19.9 Å².